The number of hydrogen-bond donors (Lipinski definition) is 2. The molecule has 31 heavy (non-hydrogen) atoms. The summed E-state index contributed by atoms with van der Waals surface area (Å²) >= 11 is 0. The minimum absolute atomic E-state index is 0.154. The van der Waals surface area contributed by atoms with Crippen molar-refractivity contribution in [2.45, 2.75) is 38.9 Å². The third-order valence-electron chi connectivity index (χ3n) is 6.18. The molecule has 3 heterocycles. The molecule has 0 aliphatic carbocycles. The molecule has 3 aromatic rings. The Bertz CT molecular complexity index is 1180. The third-order valence-corrected chi connectivity index (χ3v) is 6.18. The van der Waals surface area contributed by atoms with E-state index in [1.807, 2.05) is 23.7 Å². The van der Waals surface area contributed by atoms with Crippen molar-refractivity contribution in [3.05, 3.63) is 82.3 Å². The molecule has 5 rings (SSSR count). The molecule has 2 aromatic carbocycles. The molecule has 0 saturated heterocycles. The van der Waals surface area contributed by atoms with E-state index in [9.17, 15) is 0 Å². The molecular formula is C25H26N6. The van der Waals surface area contributed by atoms with Gasteiger partial charge in [0.2, 0.25) is 6.54 Å². The molecule has 0 radical (unpaired) electrons. The van der Waals surface area contributed by atoms with E-state index in [1.54, 1.807) is 0 Å². The van der Waals surface area contributed by atoms with Gasteiger partial charge in [-0.05, 0) is 61.2 Å². The fraction of sp³-hybridized carbons (Fsp3) is 0.320. The van der Waals surface area contributed by atoms with E-state index >= 15 is 0 Å². The fourth-order valence-corrected chi connectivity index (χ4v) is 4.65. The van der Waals surface area contributed by atoms with Crippen LogP contribution in [0.25, 0.3) is 21.7 Å². The topological polar surface area (TPSA) is 59.1 Å². The van der Waals surface area contributed by atoms with E-state index < -0.39 is 0 Å². The Morgan fingerprint density at radius 2 is 2.19 bits per heavy atom. The van der Waals surface area contributed by atoms with Crippen LogP contribution in [0.3, 0.4) is 0 Å². The molecule has 0 spiro atoms. The average molecular weight is 411 g/mol. The summed E-state index contributed by atoms with van der Waals surface area (Å²) in [6.45, 7) is 12.4. The Balaban J connectivity index is 1.57. The molecule has 1 unspecified atom stereocenters. The summed E-state index contributed by atoms with van der Waals surface area (Å²) in [5.41, 5.74) is 9.37. The van der Waals surface area contributed by atoms with Gasteiger partial charge in [0, 0.05) is 29.9 Å². The first-order valence-corrected chi connectivity index (χ1v) is 10.9. The number of nitrogens with one attached hydrogen (secondary N) is 2. The van der Waals surface area contributed by atoms with Crippen LogP contribution in [-0.2, 0) is 13.1 Å². The molecule has 1 aromatic heterocycles. The van der Waals surface area contributed by atoms with Crippen LogP contribution in [0.15, 0.2) is 48.5 Å². The smallest absolute Gasteiger partial charge is 0.239 e. The van der Waals surface area contributed by atoms with Gasteiger partial charge in [0.25, 0.3) is 0 Å². The predicted molar refractivity (Wildman–Crippen MR) is 123 cm³/mol. The Morgan fingerprint density at radius 3 is 3.03 bits per heavy atom. The molecule has 6 heteroatoms. The van der Waals surface area contributed by atoms with Gasteiger partial charge in [-0.2, -0.15) is 0 Å². The number of fused-ring (bicyclic) bond motifs is 3. The highest BCUT2D eigenvalue weighted by molar-refractivity contribution is 5.74. The van der Waals surface area contributed by atoms with E-state index in [-0.39, 0.29) is 6.04 Å². The van der Waals surface area contributed by atoms with Gasteiger partial charge < -0.3 is 15.5 Å². The molecule has 6 nitrogen and oxygen atoms in total. The van der Waals surface area contributed by atoms with Gasteiger partial charge in [0.05, 0.1) is 17.4 Å². The van der Waals surface area contributed by atoms with Crippen LogP contribution in [0.1, 0.15) is 41.3 Å². The molecule has 2 aliphatic rings. The molecular weight excluding hydrogens is 384 g/mol. The quantitative estimate of drug-likeness (QED) is 0.617. The van der Waals surface area contributed by atoms with E-state index in [2.05, 4.69) is 62.2 Å². The molecule has 156 valence electrons. The minimum Gasteiger partial charge on any atom is -0.378 e. The van der Waals surface area contributed by atoms with Crippen molar-refractivity contribution < 1.29 is 0 Å². The zero-order valence-electron chi connectivity index (χ0n) is 17.7. The number of aromatic nitrogens is 3. The number of rotatable bonds is 4. The van der Waals surface area contributed by atoms with Crippen molar-refractivity contribution in [1.82, 2.24) is 20.3 Å². The minimum atomic E-state index is 0.154. The summed E-state index contributed by atoms with van der Waals surface area (Å²) in [4.78, 5) is 3.53. The van der Waals surface area contributed by atoms with Crippen LogP contribution in [0, 0.1) is 13.5 Å². The van der Waals surface area contributed by atoms with Gasteiger partial charge in [-0.15, -0.1) is 5.10 Å². The maximum absolute atomic E-state index is 7.17. The Labute approximate surface area is 182 Å². The lowest BCUT2D eigenvalue weighted by Crippen LogP contribution is -2.20. The SMILES string of the molecule is [C-]#[N+]Cc1cccc(NC2CCn3nnc(C)c3-c3ccc(C4=CCNCC4)cc32)c1. The van der Waals surface area contributed by atoms with E-state index in [1.165, 1.54) is 22.3 Å². The molecule has 1 atom stereocenters. The second-order valence-electron chi connectivity index (χ2n) is 8.23. The second kappa shape index (κ2) is 8.37. The van der Waals surface area contributed by atoms with Crippen LogP contribution in [0.5, 0.6) is 0 Å². The van der Waals surface area contributed by atoms with Crippen molar-refractivity contribution >= 4 is 11.3 Å². The first-order valence-electron chi connectivity index (χ1n) is 10.9. The number of hydrogen-bond acceptors (Lipinski definition) is 4. The third kappa shape index (κ3) is 3.85. The number of aryl methyl sites for hydroxylation is 2. The molecule has 2 aliphatic heterocycles. The van der Waals surface area contributed by atoms with Gasteiger partial charge >= 0.3 is 0 Å². The molecule has 0 bridgehead atoms. The average Bonchev–Trinajstić information content (AvgIpc) is 3.09. The van der Waals surface area contributed by atoms with Crippen LogP contribution in [-0.4, -0.2) is 28.1 Å². The van der Waals surface area contributed by atoms with Crippen LogP contribution in [0.2, 0.25) is 0 Å². The molecule has 0 fully saturated rings. The normalized spacial score (nSPS) is 17.7. The summed E-state index contributed by atoms with van der Waals surface area (Å²) in [6.07, 6.45) is 4.27. The van der Waals surface area contributed by atoms with Crippen LogP contribution < -0.4 is 10.6 Å². The highest BCUT2D eigenvalue weighted by Crippen LogP contribution is 2.38. The van der Waals surface area contributed by atoms with Gasteiger partial charge in [-0.3, -0.25) is 0 Å². The maximum Gasteiger partial charge on any atom is 0.239 e. The fourth-order valence-electron chi connectivity index (χ4n) is 4.65. The summed E-state index contributed by atoms with van der Waals surface area (Å²) < 4.78 is 2.04. The largest absolute Gasteiger partial charge is 0.378 e. The van der Waals surface area contributed by atoms with Gasteiger partial charge in [-0.1, -0.05) is 35.6 Å². The predicted octanol–water partition coefficient (Wildman–Crippen LogP) is 4.61. The van der Waals surface area contributed by atoms with Gasteiger partial charge in [0.15, 0.2) is 0 Å². The lowest BCUT2D eigenvalue weighted by atomic mass is 9.90. The lowest BCUT2D eigenvalue weighted by molar-refractivity contribution is 0.539. The van der Waals surface area contributed by atoms with Crippen LogP contribution in [0.4, 0.5) is 5.69 Å². The van der Waals surface area contributed by atoms with Crippen LogP contribution >= 0.6 is 0 Å². The standard InChI is InChI=1S/C25H26N6/c1-17-25-22-7-6-20(19-8-11-27-12-9-19)15-23(22)24(10-13-31(25)30-29-17)28-21-5-3-4-18(14-21)16-26-2/h3-8,14-15,24,27-28H,9-13,16H2,1H3. The summed E-state index contributed by atoms with van der Waals surface area (Å²) in [7, 11) is 0. The van der Waals surface area contributed by atoms with E-state index in [4.69, 9.17) is 6.57 Å². The lowest BCUT2D eigenvalue weighted by Gasteiger charge is -2.23. The Kier molecular flexibility index (Phi) is 5.27. The van der Waals surface area contributed by atoms with Crippen molar-refractivity contribution in [1.29, 1.82) is 0 Å². The zero-order valence-corrected chi connectivity index (χ0v) is 17.7. The van der Waals surface area contributed by atoms with Crippen molar-refractivity contribution in [3.63, 3.8) is 0 Å². The first-order chi connectivity index (χ1) is 15.2. The Morgan fingerprint density at radius 1 is 1.26 bits per heavy atom. The van der Waals surface area contributed by atoms with E-state index in [0.717, 1.165) is 55.1 Å². The van der Waals surface area contributed by atoms with Gasteiger partial charge in [0.1, 0.15) is 0 Å². The summed E-state index contributed by atoms with van der Waals surface area (Å²) in [6, 6.07) is 15.2. The Hall–Kier alpha value is -3.43. The number of benzene rings is 2. The first kappa shape index (κ1) is 19.5. The number of anilines is 1. The molecule has 0 amide bonds. The molecule has 2 N–H and O–H groups in total. The summed E-state index contributed by atoms with van der Waals surface area (Å²) in [5.74, 6) is 0. The van der Waals surface area contributed by atoms with E-state index in [0.29, 0.717) is 6.54 Å². The zero-order chi connectivity index (χ0) is 21.2. The maximum atomic E-state index is 7.17. The van der Waals surface area contributed by atoms with Crippen molar-refractivity contribution in [2.24, 2.45) is 0 Å². The highest BCUT2D eigenvalue weighted by Gasteiger charge is 2.26. The number of nitrogens with zero attached hydrogens (tertiary/aromatic N) is 4. The highest BCUT2D eigenvalue weighted by atomic mass is 15.4. The summed E-state index contributed by atoms with van der Waals surface area (Å²) in [5, 5.41) is 15.9. The van der Waals surface area contributed by atoms with Crippen molar-refractivity contribution in [2.75, 3.05) is 18.4 Å². The van der Waals surface area contributed by atoms with Gasteiger partial charge in [-0.25, -0.2) is 11.3 Å². The monoisotopic (exact) mass is 410 g/mol. The molecule has 0 saturated carbocycles. The second-order valence-corrected chi connectivity index (χ2v) is 8.23. The van der Waals surface area contributed by atoms with Crippen molar-refractivity contribution in [3.8, 4) is 11.3 Å².